The third kappa shape index (κ3) is 3.69. The number of rotatable bonds is 6. The van der Waals surface area contributed by atoms with E-state index in [0.29, 0.717) is 17.1 Å². The number of hydrogen-bond acceptors (Lipinski definition) is 4. The summed E-state index contributed by atoms with van der Waals surface area (Å²) < 4.78 is 12.4. The quantitative estimate of drug-likeness (QED) is 0.739. The molecule has 0 fully saturated rings. The number of amides is 1. The molecule has 6 nitrogen and oxygen atoms in total. The summed E-state index contributed by atoms with van der Waals surface area (Å²) >= 11 is 0. The predicted octanol–water partition coefficient (Wildman–Crippen LogP) is 3.38. The molecule has 3 aromatic rings. The number of nitrogens with one attached hydrogen (secondary N) is 1. The van der Waals surface area contributed by atoms with Gasteiger partial charge in [-0.25, -0.2) is 4.98 Å². The number of ether oxygens (including phenoxy) is 2. The average Bonchev–Trinajstić information content (AvgIpc) is 3.22. The van der Waals surface area contributed by atoms with E-state index in [0.717, 1.165) is 11.3 Å². The molecule has 6 heteroatoms. The molecule has 26 heavy (non-hydrogen) atoms. The van der Waals surface area contributed by atoms with Crippen LogP contribution in [0.5, 0.6) is 11.5 Å². The van der Waals surface area contributed by atoms with Gasteiger partial charge in [0.25, 0.3) is 5.91 Å². The SMILES string of the molecule is COc1ccc(OC)c(C(=O)N[C@H](C)c2cccc(-n3ccnc3)c2)c1. The smallest absolute Gasteiger partial charge is 0.255 e. The fourth-order valence-electron chi connectivity index (χ4n) is 2.72. The molecule has 1 atom stereocenters. The fourth-order valence-corrected chi connectivity index (χ4v) is 2.72. The van der Waals surface area contributed by atoms with E-state index in [1.165, 1.54) is 7.11 Å². The molecule has 0 bridgehead atoms. The van der Waals surface area contributed by atoms with E-state index in [2.05, 4.69) is 10.3 Å². The van der Waals surface area contributed by atoms with Crippen molar-refractivity contribution in [3.05, 3.63) is 72.3 Å². The maximum Gasteiger partial charge on any atom is 0.255 e. The zero-order chi connectivity index (χ0) is 18.5. The number of carbonyl (C=O) groups is 1. The molecule has 134 valence electrons. The summed E-state index contributed by atoms with van der Waals surface area (Å²) in [5, 5.41) is 3.01. The van der Waals surface area contributed by atoms with Crippen LogP contribution < -0.4 is 14.8 Å². The lowest BCUT2D eigenvalue weighted by molar-refractivity contribution is 0.0936. The van der Waals surface area contributed by atoms with Gasteiger partial charge in [0.15, 0.2) is 0 Å². The maximum absolute atomic E-state index is 12.7. The van der Waals surface area contributed by atoms with Gasteiger partial charge in [0.05, 0.1) is 32.2 Å². The summed E-state index contributed by atoms with van der Waals surface area (Å²) in [5.41, 5.74) is 2.41. The number of benzene rings is 2. The van der Waals surface area contributed by atoms with E-state index in [4.69, 9.17) is 9.47 Å². The van der Waals surface area contributed by atoms with E-state index >= 15 is 0 Å². The topological polar surface area (TPSA) is 65.4 Å². The van der Waals surface area contributed by atoms with E-state index in [1.807, 2.05) is 42.0 Å². The van der Waals surface area contributed by atoms with Gasteiger partial charge in [0.1, 0.15) is 11.5 Å². The minimum atomic E-state index is -0.221. The van der Waals surface area contributed by atoms with Crippen LogP contribution in [0.15, 0.2) is 61.2 Å². The Morgan fingerprint density at radius 3 is 2.69 bits per heavy atom. The first-order chi connectivity index (χ1) is 12.6. The number of nitrogens with zero attached hydrogens (tertiary/aromatic N) is 2. The van der Waals surface area contributed by atoms with Gasteiger partial charge in [0.2, 0.25) is 0 Å². The van der Waals surface area contributed by atoms with Gasteiger partial charge in [-0.2, -0.15) is 0 Å². The van der Waals surface area contributed by atoms with Crippen LogP contribution in [0.1, 0.15) is 28.9 Å². The number of aromatic nitrogens is 2. The number of imidazole rings is 1. The minimum absolute atomic E-state index is 0.179. The highest BCUT2D eigenvalue weighted by atomic mass is 16.5. The Bertz CT molecular complexity index is 891. The molecule has 3 rings (SSSR count). The number of methoxy groups -OCH3 is 2. The van der Waals surface area contributed by atoms with Crippen LogP contribution in [0.3, 0.4) is 0 Å². The van der Waals surface area contributed by atoms with Gasteiger partial charge >= 0.3 is 0 Å². The van der Waals surface area contributed by atoms with E-state index in [1.54, 1.807) is 37.8 Å². The molecule has 0 saturated carbocycles. The third-order valence-electron chi connectivity index (χ3n) is 4.17. The van der Waals surface area contributed by atoms with Crippen LogP contribution in [0.4, 0.5) is 0 Å². The first-order valence-electron chi connectivity index (χ1n) is 8.23. The van der Waals surface area contributed by atoms with Crippen molar-refractivity contribution in [2.75, 3.05) is 14.2 Å². The summed E-state index contributed by atoms with van der Waals surface area (Å²) in [6.45, 7) is 1.94. The van der Waals surface area contributed by atoms with Crippen molar-refractivity contribution < 1.29 is 14.3 Å². The molecule has 1 amide bonds. The largest absolute Gasteiger partial charge is 0.497 e. The average molecular weight is 351 g/mol. The molecule has 0 radical (unpaired) electrons. The lowest BCUT2D eigenvalue weighted by Crippen LogP contribution is -2.27. The summed E-state index contributed by atoms with van der Waals surface area (Å²) in [7, 11) is 3.10. The van der Waals surface area contributed by atoms with Crippen LogP contribution >= 0.6 is 0 Å². The molecule has 0 saturated heterocycles. The van der Waals surface area contributed by atoms with E-state index < -0.39 is 0 Å². The highest BCUT2D eigenvalue weighted by Gasteiger charge is 2.17. The Hall–Kier alpha value is -3.28. The molecule has 0 spiro atoms. The first kappa shape index (κ1) is 17.5. The van der Waals surface area contributed by atoms with Crippen molar-refractivity contribution in [3.63, 3.8) is 0 Å². The Labute approximate surface area is 152 Å². The Morgan fingerprint density at radius 1 is 1.15 bits per heavy atom. The van der Waals surface area contributed by atoms with E-state index in [9.17, 15) is 4.79 Å². The second-order valence-electron chi connectivity index (χ2n) is 5.83. The van der Waals surface area contributed by atoms with Gasteiger partial charge in [-0.05, 0) is 42.8 Å². The first-order valence-corrected chi connectivity index (χ1v) is 8.23. The van der Waals surface area contributed by atoms with Crippen LogP contribution in [-0.4, -0.2) is 29.7 Å². The maximum atomic E-state index is 12.7. The Kier molecular flexibility index (Phi) is 5.22. The number of carbonyl (C=O) groups excluding carboxylic acids is 1. The molecule has 0 aliphatic rings. The minimum Gasteiger partial charge on any atom is -0.497 e. The van der Waals surface area contributed by atoms with Crippen LogP contribution in [0.2, 0.25) is 0 Å². The van der Waals surface area contributed by atoms with Crippen LogP contribution in [0.25, 0.3) is 5.69 Å². The molecular weight excluding hydrogens is 330 g/mol. The summed E-state index contributed by atoms with van der Waals surface area (Å²) in [6, 6.07) is 12.9. The third-order valence-corrected chi connectivity index (χ3v) is 4.17. The Morgan fingerprint density at radius 2 is 2.00 bits per heavy atom. The van der Waals surface area contributed by atoms with E-state index in [-0.39, 0.29) is 11.9 Å². The molecule has 2 aromatic carbocycles. The van der Waals surface area contributed by atoms with Crippen LogP contribution in [0, 0.1) is 0 Å². The summed E-state index contributed by atoms with van der Waals surface area (Å²) in [5.74, 6) is 0.884. The Balaban J connectivity index is 1.81. The molecule has 1 aromatic heterocycles. The van der Waals surface area contributed by atoms with Gasteiger partial charge in [-0.3, -0.25) is 4.79 Å². The molecule has 1 heterocycles. The fraction of sp³-hybridized carbons (Fsp3) is 0.200. The standard InChI is InChI=1S/C20H21N3O3/c1-14(15-5-4-6-16(11-15)23-10-9-21-13-23)22-20(24)18-12-17(25-2)7-8-19(18)26-3/h4-14H,1-3H3,(H,22,24)/t14-/m1/s1. The van der Waals surface area contributed by atoms with Crippen molar-refractivity contribution >= 4 is 5.91 Å². The van der Waals surface area contributed by atoms with Crippen molar-refractivity contribution in [3.8, 4) is 17.2 Å². The highest BCUT2D eigenvalue weighted by molar-refractivity contribution is 5.97. The van der Waals surface area contributed by atoms with Gasteiger partial charge in [0, 0.05) is 18.1 Å². The molecule has 0 aliphatic carbocycles. The van der Waals surface area contributed by atoms with Crippen molar-refractivity contribution in [1.82, 2.24) is 14.9 Å². The zero-order valence-electron chi connectivity index (χ0n) is 15.0. The molecule has 0 unspecified atom stereocenters. The summed E-state index contributed by atoms with van der Waals surface area (Å²) in [6.07, 6.45) is 5.35. The molecular formula is C20H21N3O3. The lowest BCUT2D eigenvalue weighted by atomic mass is 10.1. The second-order valence-corrected chi connectivity index (χ2v) is 5.83. The van der Waals surface area contributed by atoms with Crippen molar-refractivity contribution in [1.29, 1.82) is 0 Å². The highest BCUT2D eigenvalue weighted by Crippen LogP contribution is 2.25. The number of hydrogen-bond donors (Lipinski definition) is 1. The van der Waals surface area contributed by atoms with Gasteiger partial charge in [-0.15, -0.1) is 0 Å². The lowest BCUT2D eigenvalue weighted by Gasteiger charge is -2.17. The van der Waals surface area contributed by atoms with Crippen LogP contribution in [-0.2, 0) is 0 Å². The summed E-state index contributed by atoms with van der Waals surface area (Å²) in [4.78, 5) is 16.8. The molecule has 1 N–H and O–H groups in total. The van der Waals surface area contributed by atoms with Gasteiger partial charge in [-0.1, -0.05) is 12.1 Å². The van der Waals surface area contributed by atoms with Crippen molar-refractivity contribution in [2.24, 2.45) is 0 Å². The predicted molar refractivity (Wildman–Crippen MR) is 99.0 cm³/mol. The zero-order valence-corrected chi connectivity index (χ0v) is 15.0. The second kappa shape index (κ2) is 7.74. The normalized spacial score (nSPS) is 11.7. The van der Waals surface area contributed by atoms with Gasteiger partial charge < -0.3 is 19.4 Å². The monoisotopic (exact) mass is 351 g/mol. The molecule has 0 aliphatic heterocycles. The van der Waals surface area contributed by atoms with Crippen molar-refractivity contribution in [2.45, 2.75) is 13.0 Å².